The maximum absolute atomic E-state index is 12.8. The van der Waals surface area contributed by atoms with Crippen molar-refractivity contribution in [3.8, 4) is 0 Å². The van der Waals surface area contributed by atoms with Crippen LogP contribution in [0.2, 0.25) is 0 Å². The largest absolute Gasteiger partial charge is 0.339 e. The maximum Gasteiger partial charge on any atom is 0.254 e. The molecule has 8 heteroatoms. The Morgan fingerprint density at radius 1 is 0.933 bits per heavy atom. The quantitative estimate of drug-likeness (QED) is 0.732. The zero-order valence-electron chi connectivity index (χ0n) is 17.1. The third kappa shape index (κ3) is 6.32. The van der Waals surface area contributed by atoms with Crippen LogP contribution in [0.15, 0.2) is 54.6 Å². The smallest absolute Gasteiger partial charge is 0.254 e. The highest BCUT2D eigenvalue weighted by Gasteiger charge is 2.24. The molecule has 3 rings (SSSR count). The molecule has 1 fully saturated rings. The van der Waals surface area contributed by atoms with Crippen molar-refractivity contribution in [2.75, 3.05) is 37.2 Å². The predicted molar refractivity (Wildman–Crippen MR) is 117 cm³/mol. The van der Waals surface area contributed by atoms with Crippen molar-refractivity contribution in [1.29, 1.82) is 0 Å². The van der Waals surface area contributed by atoms with E-state index in [0.29, 0.717) is 43.9 Å². The standard InChI is InChI=1S/C22H27N3O4S/c1-30(28,29)23-20-11-6-10-19(17-20)22(27)25-15-13-24(14-16-25)21(26)12-5-9-18-7-3-2-4-8-18/h2-4,6-8,10-11,17,23H,5,9,12-16H2,1H3. The van der Waals surface area contributed by atoms with E-state index in [2.05, 4.69) is 16.9 Å². The maximum atomic E-state index is 12.8. The fraction of sp³-hybridized carbons (Fsp3) is 0.364. The zero-order valence-corrected chi connectivity index (χ0v) is 17.9. The van der Waals surface area contributed by atoms with Crippen molar-refractivity contribution in [3.05, 3.63) is 65.7 Å². The van der Waals surface area contributed by atoms with Gasteiger partial charge in [-0.1, -0.05) is 36.4 Å². The number of carbonyl (C=O) groups is 2. The lowest BCUT2D eigenvalue weighted by Crippen LogP contribution is -2.50. The van der Waals surface area contributed by atoms with E-state index in [0.717, 1.165) is 19.1 Å². The Bertz CT molecular complexity index is 984. The molecule has 0 spiro atoms. The number of hydrogen-bond donors (Lipinski definition) is 1. The summed E-state index contributed by atoms with van der Waals surface area (Å²) < 4.78 is 25.2. The highest BCUT2D eigenvalue weighted by atomic mass is 32.2. The van der Waals surface area contributed by atoms with Crippen LogP contribution in [0, 0.1) is 0 Å². The molecule has 1 saturated heterocycles. The van der Waals surface area contributed by atoms with E-state index in [9.17, 15) is 18.0 Å². The van der Waals surface area contributed by atoms with E-state index >= 15 is 0 Å². The van der Waals surface area contributed by atoms with Crippen LogP contribution in [-0.2, 0) is 21.2 Å². The minimum Gasteiger partial charge on any atom is -0.339 e. The first kappa shape index (κ1) is 21.8. The van der Waals surface area contributed by atoms with E-state index in [1.807, 2.05) is 23.1 Å². The van der Waals surface area contributed by atoms with Crippen molar-refractivity contribution < 1.29 is 18.0 Å². The molecule has 0 unspecified atom stereocenters. The van der Waals surface area contributed by atoms with Crippen molar-refractivity contribution >= 4 is 27.5 Å². The van der Waals surface area contributed by atoms with Gasteiger partial charge in [-0.3, -0.25) is 14.3 Å². The molecule has 1 aliphatic rings. The normalized spacial score (nSPS) is 14.4. The average molecular weight is 430 g/mol. The average Bonchev–Trinajstić information content (AvgIpc) is 2.73. The molecule has 0 bridgehead atoms. The summed E-state index contributed by atoms with van der Waals surface area (Å²) in [6, 6.07) is 16.6. The van der Waals surface area contributed by atoms with Crippen molar-refractivity contribution in [2.45, 2.75) is 19.3 Å². The van der Waals surface area contributed by atoms with Gasteiger partial charge in [-0.2, -0.15) is 0 Å². The van der Waals surface area contributed by atoms with Gasteiger partial charge in [-0.15, -0.1) is 0 Å². The van der Waals surface area contributed by atoms with Gasteiger partial charge in [0.05, 0.1) is 6.26 Å². The molecule has 160 valence electrons. The van der Waals surface area contributed by atoms with E-state index in [1.165, 1.54) is 11.6 Å². The Hall–Kier alpha value is -2.87. The van der Waals surface area contributed by atoms with Crippen LogP contribution in [0.3, 0.4) is 0 Å². The summed E-state index contributed by atoms with van der Waals surface area (Å²) in [5, 5.41) is 0. The van der Waals surface area contributed by atoms with Crippen LogP contribution in [-0.4, -0.2) is 62.5 Å². The molecule has 0 aliphatic carbocycles. The molecule has 1 aliphatic heterocycles. The molecule has 2 amide bonds. The van der Waals surface area contributed by atoms with E-state index in [1.54, 1.807) is 23.1 Å². The number of nitrogens with zero attached hydrogens (tertiary/aromatic N) is 2. The molecule has 0 radical (unpaired) electrons. The van der Waals surface area contributed by atoms with E-state index in [-0.39, 0.29) is 11.8 Å². The first-order valence-electron chi connectivity index (χ1n) is 10.0. The molecule has 2 aromatic rings. The van der Waals surface area contributed by atoms with Gasteiger partial charge in [0.25, 0.3) is 5.91 Å². The van der Waals surface area contributed by atoms with Gasteiger partial charge in [-0.05, 0) is 36.6 Å². The lowest BCUT2D eigenvalue weighted by Gasteiger charge is -2.35. The van der Waals surface area contributed by atoms with Gasteiger partial charge >= 0.3 is 0 Å². The van der Waals surface area contributed by atoms with Crippen LogP contribution in [0.25, 0.3) is 0 Å². The van der Waals surface area contributed by atoms with Gasteiger partial charge in [0.2, 0.25) is 15.9 Å². The third-order valence-electron chi connectivity index (χ3n) is 5.03. The highest BCUT2D eigenvalue weighted by molar-refractivity contribution is 7.92. The second kappa shape index (κ2) is 9.75. The van der Waals surface area contributed by atoms with Gasteiger partial charge in [0.1, 0.15) is 0 Å². The van der Waals surface area contributed by atoms with Crippen LogP contribution >= 0.6 is 0 Å². The van der Waals surface area contributed by atoms with Crippen LogP contribution in [0.5, 0.6) is 0 Å². The van der Waals surface area contributed by atoms with E-state index in [4.69, 9.17) is 0 Å². The number of benzene rings is 2. The second-order valence-corrected chi connectivity index (χ2v) is 9.22. The predicted octanol–water partition coefficient (Wildman–Crippen LogP) is 2.37. The minimum atomic E-state index is -3.41. The van der Waals surface area contributed by atoms with Crippen LogP contribution in [0.1, 0.15) is 28.8 Å². The van der Waals surface area contributed by atoms with Crippen molar-refractivity contribution in [3.63, 3.8) is 0 Å². The number of carbonyl (C=O) groups excluding carboxylic acids is 2. The zero-order chi connectivity index (χ0) is 21.6. The first-order chi connectivity index (χ1) is 14.3. The third-order valence-corrected chi connectivity index (χ3v) is 5.64. The summed E-state index contributed by atoms with van der Waals surface area (Å²) in [5.74, 6) is -0.0410. The number of nitrogens with one attached hydrogen (secondary N) is 1. The monoisotopic (exact) mass is 429 g/mol. The summed E-state index contributed by atoms with van der Waals surface area (Å²) in [7, 11) is -3.41. The topological polar surface area (TPSA) is 86.8 Å². The number of piperazine rings is 1. The Kier molecular flexibility index (Phi) is 7.10. The van der Waals surface area contributed by atoms with Crippen molar-refractivity contribution in [2.24, 2.45) is 0 Å². The summed E-state index contributed by atoms with van der Waals surface area (Å²) in [6.45, 7) is 1.95. The lowest BCUT2D eigenvalue weighted by molar-refractivity contribution is -0.132. The molecular formula is C22H27N3O4S. The van der Waals surface area contributed by atoms with Gasteiger partial charge in [-0.25, -0.2) is 8.42 Å². The number of sulfonamides is 1. The molecule has 2 aromatic carbocycles. The first-order valence-corrected chi connectivity index (χ1v) is 11.9. The molecule has 0 atom stereocenters. The number of aryl methyl sites for hydroxylation is 1. The molecule has 0 saturated carbocycles. The minimum absolute atomic E-state index is 0.123. The number of amides is 2. The Morgan fingerprint density at radius 3 is 2.27 bits per heavy atom. The Balaban J connectivity index is 1.48. The van der Waals surface area contributed by atoms with Gasteiger partial charge < -0.3 is 9.80 Å². The SMILES string of the molecule is CS(=O)(=O)Nc1cccc(C(=O)N2CCN(C(=O)CCCc3ccccc3)CC2)c1. The van der Waals surface area contributed by atoms with Crippen LogP contribution < -0.4 is 4.72 Å². The number of anilines is 1. The summed E-state index contributed by atoms with van der Waals surface area (Å²) in [6.07, 6.45) is 3.25. The molecule has 0 aromatic heterocycles. The summed E-state index contributed by atoms with van der Waals surface area (Å²) in [4.78, 5) is 28.8. The summed E-state index contributed by atoms with van der Waals surface area (Å²) >= 11 is 0. The van der Waals surface area contributed by atoms with E-state index < -0.39 is 10.0 Å². The molecule has 30 heavy (non-hydrogen) atoms. The number of hydrogen-bond acceptors (Lipinski definition) is 4. The number of rotatable bonds is 7. The highest BCUT2D eigenvalue weighted by Crippen LogP contribution is 2.16. The van der Waals surface area contributed by atoms with Crippen molar-refractivity contribution in [1.82, 2.24) is 9.80 Å². The fourth-order valence-electron chi connectivity index (χ4n) is 3.52. The van der Waals surface area contributed by atoms with Crippen LogP contribution in [0.4, 0.5) is 5.69 Å². The second-order valence-electron chi connectivity index (χ2n) is 7.47. The van der Waals surface area contributed by atoms with Gasteiger partial charge in [0.15, 0.2) is 0 Å². The Morgan fingerprint density at radius 2 is 1.60 bits per heavy atom. The molecule has 1 N–H and O–H groups in total. The Labute approximate surface area is 177 Å². The fourth-order valence-corrected chi connectivity index (χ4v) is 4.07. The summed E-state index contributed by atoms with van der Waals surface area (Å²) in [5.41, 5.74) is 2.01. The molecular weight excluding hydrogens is 402 g/mol. The lowest BCUT2D eigenvalue weighted by atomic mass is 10.1. The van der Waals surface area contributed by atoms with Gasteiger partial charge in [0, 0.05) is 43.9 Å². The molecule has 1 heterocycles. The molecule has 7 nitrogen and oxygen atoms in total.